The van der Waals surface area contributed by atoms with Crippen LogP contribution in [0.25, 0.3) is 0 Å². The Balaban J connectivity index is 2.03. The van der Waals surface area contributed by atoms with Gasteiger partial charge in [-0.05, 0) is 17.7 Å². The minimum Gasteiger partial charge on any atom is -0.435 e. The van der Waals surface area contributed by atoms with Gasteiger partial charge in [-0.3, -0.25) is 9.79 Å². The summed E-state index contributed by atoms with van der Waals surface area (Å²) in [6.07, 6.45) is 3.44. The van der Waals surface area contributed by atoms with Crippen molar-refractivity contribution in [3.8, 4) is 5.75 Å². The molecule has 0 unspecified atom stereocenters. The van der Waals surface area contributed by atoms with Gasteiger partial charge in [0.15, 0.2) is 11.6 Å². The molecule has 5 N–H and O–H groups in total. The van der Waals surface area contributed by atoms with Gasteiger partial charge in [-0.15, -0.1) is 0 Å². The van der Waals surface area contributed by atoms with E-state index in [1.807, 2.05) is 0 Å². The van der Waals surface area contributed by atoms with Gasteiger partial charge in [0.25, 0.3) is 0 Å². The van der Waals surface area contributed by atoms with Gasteiger partial charge in [-0.2, -0.15) is 13.8 Å². The second-order valence-corrected chi connectivity index (χ2v) is 5.66. The van der Waals surface area contributed by atoms with Crippen molar-refractivity contribution < 1.29 is 22.7 Å². The number of nitrogens with two attached hydrogens (primary N) is 1. The number of anilines is 2. The van der Waals surface area contributed by atoms with E-state index in [0.29, 0.717) is 5.56 Å². The van der Waals surface area contributed by atoms with Crippen LogP contribution < -0.4 is 26.4 Å². The van der Waals surface area contributed by atoms with Crippen LogP contribution in [0.4, 0.5) is 24.9 Å². The Bertz CT molecular complexity index is 922. The highest BCUT2D eigenvalue weighted by Gasteiger charge is 2.09. The Morgan fingerprint density at radius 3 is 2.90 bits per heavy atom. The van der Waals surface area contributed by atoms with Crippen molar-refractivity contribution in [3.05, 3.63) is 53.7 Å². The van der Waals surface area contributed by atoms with Gasteiger partial charge in [-0.25, -0.2) is 9.37 Å². The van der Waals surface area contributed by atoms with E-state index in [2.05, 4.69) is 35.6 Å². The van der Waals surface area contributed by atoms with Crippen molar-refractivity contribution in [2.45, 2.75) is 13.2 Å². The van der Waals surface area contributed by atoms with Crippen LogP contribution >= 0.6 is 0 Å². The first-order chi connectivity index (χ1) is 14.4. The summed E-state index contributed by atoms with van der Waals surface area (Å²) in [5.74, 6) is -1.10. The topological polar surface area (TPSA) is 127 Å². The summed E-state index contributed by atoms with van der Waals surface area (Å²) in [5, 5.41) is 7.92. The first-order valence-corrected chi connectivity index (χ1v) is 8.60. The van der Waals surface area contributed by atoms with E-state index in [4.69, 9.17) is 5.73 Å². The quantitative estimate of drug-likeness (QED) is 0.430. The standard InChI is InChI=1S/C18H20F3N7O2/c1-23-15(29)10-24-8-12(6-22)27-18-26-9-14(19)16(28-18)25-7-11-3-2-4-13(5-11)30-17(20)21/h2-6,8-9,17H,7,10,22H2,1H3,(H,23,29)(H2,25,26,27,28)/b12-6+,24-8?. The number of carbonyl (C=O) groups is 1. The Hall–Kier alpha value is -3.83. The number of hydrogen-bond acceptors (Lipinski definition) is 8. The van der Waals surface area contributed by atoms with Crippen LogP contribution in [0.1, 0.15) is 5.56 Å². The molecule has 0 saturated heterocycles. The van der Waals surface area contributed by atoms with Crippen LogP contribution in [-0.4, -0.2) is 42.3 Å². The number of halogens is 3. The van der Waals surface area contributed by atoms with Gasteiger partial charge < -0.3 is 26.4 Å². The molecule has 160 valence electrons. The van der Waals surface area contributed by atoms with Crippen LogP contribution in [0.2, 0.25) is 0 Å². The number of allylic oxidation sites excluding steroid dienone is 1. The number of nitrogens with zero attached hydrogens (tertiary/aromatic N) is 3. The molecule has 0 aliphatic rings. The Morgan fingerprint density at radius 1 is 1.40 bits per heavy atom. The average Bonchev–Trinajstić information content (AvgIpc) is 2.72. The number of alkyl halides is 2. The molecular weight excluding hydrogens is 403 g/mol. The molecule has 0 bridgehead atoms. The minimum absolute atomic E-state index is 0.0106. The number of rotatable bonds is 10. The lowest BCUT2D eigenvalue weighted by molar-refractivity contribution is -0.119. The van der Waals surface area contributed by atoms with Gasteiger partial charge in [0.1, 0.15) is 12.3 Å². The van der Waals surface area contributed by atoms with Crippen LogP contribution in [-0.2, 0) is 11.3 Å². The molecule has 0 aliphatic carbocycles. The number of carbonyl (C=O) groups excluding carboxylic acids is 1. The largest absolute Gasteiger partial charge is 0.435 e. The number of aromatic nitrogens is 2. The number of nitrogens with one attached hydrogen (secondary N) is 3. The molecule has 1 amide bonds. The molecule has 12 heteroatoms. The van der Waals surface area contributed by atoms with Crippen molar-refractivity contribution in [1.29, 1.82) is 0 Å². The maximum atomic E-state index is 14.0. The van der Waals surface area contributed by atoms with Crippen LogP contribution in [0.15, 0.2) is 47.4 Å². The Morgan fingerprint density at radius 2 is 2.20 bits per heavy atom. The molecule has 0 radical (unpaired) electrons. The fourth-order valence-electron chi connectivity index (χ4n) is 2.12. The number of ether oxygens (including phenoxy) is 1. The van der Waals surface area contributed by atoms with E-state index in [1.165, 1.54) is 37.7 Å². The monoisotopic (exact) mass is 423 g/mol. The maximum absolute atomic E-state index is 14.0. The summed E-state index contributed by atoms with van der Waals surface area (Å²) in [4.78, 5) is 22.9. The normalized spacial score (nSPS) is 11.6. The first-order valence-electron chi connectivity index (χ1n) is 8.60. The highest BCUT2D eigenvalue weighted by Crippen LogP contribution is 2.18. The molecule has 0 atom stereocenters. The molecule has 1 heterocycles. The van der Waals surface area contributed by atoms with Gasteiger partial charge in [0.2, 0.25) is 11.9 Å². The van der Waals surface area contributed by atoms with E-state index in [-0.39, 0.29) is 42.2 Å². The van der Waals surface area contributed by atoms with E-state index in [9.17, 15) is 18.0 Å². The predicted octanol–water partition coefficient (Wildman–Crippen LogP) is 1.86. The molecule has 30 heavy (non-hydrogen) atoms. The summed E-state index contributed by atoms with van der Waals surface area (Å²) in [6, 6.07) is 5.97. The number of amides is 1. The van der Waals surface area contributed by atoms with E-state index < -0.39 is 12.4 Å². The van der Waals surface area contributed by atoms with Crippen molar-refractivity contribution in [2.24, 2.45) is 10.7 Å². The third-order valence-corrected chi connectivity index (χ3v) is 3.51. The zero-order valence-electron chi connectivity index (χ0n) is 15.9. The second kappa shape index (κ2) is 11.2. The van der Waals surface area contributed by atoms with Crippen molar-refractivity contribution in [1.82, 2.24) is 15.3 Å². The number of aliphatic imine (C=N–C) groups is 1. The van der Waals surface area contributed by atoms with E-state index in [1.54, 1.807) is 6.07 Å². The average molecular weight is 423 g/mol. The summed E-state index contributed by atoms with van der Waals surface area (Å²) in [6.45, 7) is -2.94. The molecule has 0 aliphatic heterocycles. The smallest absolute Gasteiger partial charge is 0.387 e. The van der Waals surface area contributed by atoms with Crippen molar-refractivity contribution >= 4 is 23.9 Å². The van der Waals surface area contributed by atoms with E-state index in [0.717, 1.165) is 6.20 Å². The third kappa shape index (κ3) is 7.30. The first kappa shape index (κ1) is 22.5. The maximum Gasteiger partial charge on any atom is 0.387 e. The lowest BCUT2D eigenvalue weighted by Crippen LogP contribution is -2.20. The molecule has 0 spiro atoms. The van der Waals surface area contributed by atoms with Crippen LogP contribution in [0.3, 0.4) is 0 Å². The van der Waals surface area contributed by atoms with E-state index >= 15 is 0 Å². The molecule has 1 aromatic heterocycles. The lowest BCUT2D eigenvalue weighted by Gasteiger charge is -2.11. The fraction of sp³-hybridized carbons (Fsp3) is 0.222. The second-order valence-electron chi connectivity index (χ2n) is 5.66. The van der Waals surface area contributed by atoms with Gasteiger partial charge in [-0.1, -0.05) is 12.1 Å². The third-order valence-electron chi connectivity index (χ3n) is 3.51. The summed E-state index contributed by atoms with van der Waals surface area (Å²) >= 11 is 0. The number of hydrogen-bond donors (Lipinski definition) is 4. The SMILES string of the molecule is CNC(=O)CN=C/C(=C\N)Nc1ncc(F)c(NCc2cccc(OC(F)F)c2)n1. The zero-order valence-corrected chi connectivity index (χ0v) is 15.9. The minimum atomic E-state index is -2.94. The van der Waals surface area contributed by atoms with Crippen molar-refractivity contribution in [2.75, 3.05) is 24.2 Å². The van der Waals surface area contributed by atoms with Crippen LogP contribution in [0.5, 0.6) is 5.75 Å². The van der Waals surface area contributed by atoms with Gasteiger partial charge in [0, 0.05) is 26.0 Å². The number of benzene rings is 1. The molecular formula is C18H20F3N7O2. The lowest BCUT2D eigenvalue weighted by atomic mass is 10.2. The Kier molecular flexibility index (Phi) is 8.41. The molecule has 9 nitrogen and oxygen atoms in total. The molecule has 1 aromatic carbocycles. The van der Waals surface area contributed by atoms with Gasteiger partial charge >= 0.3 is 6.61 Å². The zero-order chi connectivity index (χ0) is 21.9. The highest BCUT2D eigenvalue weighted by molar-refractivity contribution is 5.85. The summed E-state index contributed by atoms with van der Waals surface area (Å²) < 4.78 is 43.0. The highest BCUT2D eigenvalue weighted by atomic mass is 19.3. The Labute approximate surface area is 170 Å². The summed E-state index contributed by atoms with van der Waals surface area (Å²) in [5.41, 5.74) is 6.35. The molecule has 2 rings (SSSR count). The van der Waals surface area contributed by atoms with Crippen LogP contribution in [0, 0.1) is 5.82 Å². The molecule has 0 saturated carbocycles. The number of likely N-dealkylation sites (N-methyl/N-ethyl adjacent to an activating group) is 1. The van der Waals surface area contributed by atoms with Gasteiger partial charge in [0.05, 0.1) is 11.9 Å². The predicted molar refractivity (Wildman–Crippen MR) is 106 cm³/mol. The molecule has 2 aromatic rings. The van der Waals surface area contributed by atoms with Crippen molar-refractivity contribution in [3.63, 3.8) is 0 Å². The molecule has 0 fully saturated rings. The summed E-state index contributed by atoms with van der Waals surface area (Å²) in [7, 11) is 1.48. The fourth-order valence-corrected chi connectivity index (χ4v) is 2.12.